The van der Waals surface area contributed by atoms with Crippen molar-refractivity contribution in [1.82, 2.24) is 9.88 Å². The standard InChI is InChI=1S/C18H21FN4O3/c19-15-9-12(20)1-2-16(15)26-14-3-6-21-17(10-14)22-18(25)11-23-7-4-13(24)5-8-23/h1-3,6,9-10,13,24H,4-5,7-8,11,20H2,(H,21,22,25). The fourth-order valence-corrected chi connectivity index (χ4v) is 2.73. The van der Waals surface area contributed by atoms with E-state index < -0.39 is 5.82 Å². The average molecular weight is 360 g/mol. The largest absolute Gasteiger partial charge is 0.454 e. The number of amides is 1. The van der Waals surface area contributed by atoms with Gasteiger partial charge in [0.1, 0.15) is 11.6 Å². The van der Waals surface area contributed by atoms with Crippen LogP contribution in [0.1, 0.15) is 12.8 Å². The third-order valence-electron chi connectivity index (χ3n) is 4.11. The van der Waals surface area contributed by atoms with Crippen molar-refractivity contribution >= 4 is 17.4 Å². The van der Waals surface area contributed by atoms with Gasteiger partial charge in [0, 0.05) is 37.1 Å². The number of aliphatic hydroxyl groups excluding tert-OH is 1. The summed E-state index contributed by atoms with van der Waals surface area (Å²) >= 11 is 0. The van der Waals surface area contributed by atoms with Gasteiger partial charge in [0.05, 0.1) is 12.6 Å². The number of halogens is 1. The zero-order chi connectivity index (χ0) is 18.5. The van der Waals surface area contributed by atoms with Gasteiger partial charge in [-0.25, -0.2) is 9.37 Å². The fourth-order valence-electron chi connectivity index (χ4n) is 2.73. The van der Waals surface area contributed by atoms with E-state index in [1.807, 2.05) is 4.90 Å². The quantitative estimate of drug-likeness (QED) is 0.705. The number of nitrogens with two attached hydrogens (primary N) is 1. The van der Waals surface area contributed by atoms with Crippen LogP contribution < -0.4 is 15.8 Å². The van der Waals surface area contributed by atoms with Crippen LogP contribution in [0.5, 0.6) is 11.5 Å². The van der Waals surface area contributed by atoms with Gasteiger partial charge < -0.3 is 20.9 Å². The van der Waals surface area contributed by atoms with Crippen LogP contribution in [-0.2, 0) is 4.79 Å². The van der Waals surface area contributed by atoms with Gasteiger partial charge in [0.15, 0.2) is 11.6 Å². The van der Waals surface area contributed by atoms with Gasteiger partial charge >= 0.3 is 0 Å². The van der Waals surface area contributed by atoms with Gasteiger partial charge in [0.25, 0.3) is 0 Å². The van der Waals surface area contributed by atoms with Crippen molar-refractivity contribution in [2.75, 3.05) is 30.7 Å². The van der Waals surface area contributed by atoms with Crippen molar-refractivity contribution in [2.45, 2.75) is 18.9 Å². The van der Waals surface area contributed by atoms with E-state index in [2.05, 4.69) is 10.3 Å². The van der Waals surface area contributed by atoms with Crippen LogP contribution in [0.2, 0.25) is 0 Å². The number of nitrogen functional groups attached to an aromatic ring is 1. The topological polar surface area (TPSA) is 101 Å². The number of nitrogens with zero attached hydrogens (tertiary/aromatic N) is 2. The van der Waals surface area contributed by atoms with Crippen molar-refractivity contribution < 1.29 is 19.0 Å². The van der Waals surface area contributed by atoms with Crippen LogP contribution in [0, 0.1) is 5.82 Å². The summed E-state index contributed by atoms with van der Waals surface area (Å²) in [6.07, 6.45) is 2.53. The van der Waals surface area contributed by atoms with Crippen LogP contribution >= 0.6 is 0 Å². The molecule has 1 aliphatic rings. The lowest BCUT2D eigenvalue weighted by atomic mass is 10.1. The molecular weight excluding hydrogens is 339 g/mol. The number of carbonyl (C=O) groups is 1. The first kappa shape index (κ1) is 18.1. The molecule has 3 rings (SSSR count). The van der Waals surface area contributed by atoms with E-state index >= 15 is 0 Å². The predicted molar refractivity (Wildman–Crippen MR) is 95.4 cm³/mol. The second-order valence-electron chi connectivity index (χ2n) is 6.22. The number of aromatic nitrogens is 1. The number of ether oxygens (including phenoxy) is 1. The summed E-state index contributed by atoms with van der Waals surface area (Å²) in [4.78, 5) is 18.2. The molecule has 1 amide bonds. The van der Waals surface area contributed by atoms with Crippen LogP contribution in [0.4, 0.5) is 15.9 Å². The number of carbonyl (C=O) groups excluding carboxylic acids is 1. The summed E-state index contributed by atoms with van der Waals surface area (Å²) in [5.74, 6) is -0.0700. The molecule has 1 aromatic carbocycles. The third kappa shape index (κ3) is 4.90. The van der Waals surface area contributed by atoms with E-state index in [1.165, 1.54) is 30.5 Å². The predicted octanol–water partition coefficient (Wildman–Crippen LogP) is 1.99. The molecule has 1 aromatic heterocycles. The van der Waals surface area contributed by atoms with E-state index in [1.54, 1.807) is 6.07 Å². The maximum absolute atomic E-state index is 13.8. The molecule has 0 bridgehead atoms. The average Bonchev–Trinajstić information content (AvgIpc) is 2.60. The maximum Gasteiger partial charge on any atom is 0.239 e. The molecule has 1 fully saturated rings. The highest BCUT2D eigenvalue weighted by Crippen LogP contribution is 2.26. The zero-order valence-electron chi connectivity index (χ0n) is 14.2. The lowest BCUT2D eigenvalue weighted by Gasteiger charge is -2.28. The number of hydrogen-bond acceptors (Lipinski definition) is 6. The summed E-state index contributed by atoms with van der Waals surface area (Å²) in [7, 11) is 0. The summed E-state index contributed by atoms with van der Waals surface area (Å²) in [6, 6.07) is 7.24. The molecule has 2 aromatic rings. The molecule has 1 saturated heterocycles. The molecule has 26 heavy (non-hydrogen) atoms. The molecule has 0 radical (unpaired) electrons. The molecule has 0 saturated carbocycles. The smallest absolute Gasteiger partial charge is 0.239 e. The molecule has 0 unspecified atom stereocenters. The minimum Gasteiger partial charge on any atom is -0.454 e. The van der Waals surface area contributed by atoms with Crippen LogP contribution in [0.15, 0.2) is 36.5 Å². The third-order valence-corrected chi connectivity index (χ3v) is 4.11. The minimum absolute atomic E-state index is 0.0366. The van der Waals surface area contributed by atoms with Crippen molar-refractivity contribution in [1.29, 1.82) is 0 Å². The summed E-state index contributed by atoms with van der Waals surface area (Å²) < 4.78 is 19.3. The Bertz CT molecular complexity index is 779. The molecule has 138 valence electrons. The van der Waals surface area contributed by atoms with Crippen molar-refractivity contribution in [2.24, 2.45) is 0 Å². The van der Waals surface area contributed by atoms with Crippen molar-refractivity contribution in [3.05, 3.63) is 42.3 Å². The van der Waals surface area contributed by atoms with Gasteiger partial charge in [-0.05, 0) is 31.0 Å². The molecule has 1 aliphatic heterocycles. The lowest BCUT2D eigenvalue weighted by Crippen LogP contribution is -2.40. The van der Waals surface area contributed by atoms with Gasteiger partial charge in [0.2, 0.25) is 5.91 Å². The first-order valence-corrected chi connectivity index (χ1v) is 8.39. The molecule has 4 N–H and O–H groups in total. The van der Waals surface area contributed by atoms with Crippen molar-refractivity contribution in [3.8, 4) is 11.5 Å². The number of anilines is 2. The van der Waals surface area contributed by atoms with Crippen molar-refractivity contribution in [3.63, 3.8) is 0 Å². The number of hydrogen-bond donors (Lipinski definition) is 3. The molecular formula is C18H21FN4O3. The second-order valence-corrected chi connectivity index (χ2v) is 6.22. The number of rotatable bonds is 5. The fraction of sp³-hybridized carbons (Fsp3) is 0.333. The number of pyridine rings is 1. The molecule has 0 spiro atoms. The van der Waals surface area contributed by atoms with Crippen LogP contribution in [0.25, 0.3) is 0 Å². The molecule has 8 heteroatoms. The molecule has 7 nitrogen and oxygen atoms in total. The Labute approximate surface area is 150 Å². The Hall–Kier alpha value is -2.71. The number of benzene rings is 1. The Morgan fingerprint density at radius 2 is 2.12 bits per heavy atom. The monoisotopic (exact) mass is 360 g/mol. The molecule has 0 atom stereocenters. The number of nitrogens with one attached hydrogen (secondary N) is 1. The molecule has 0 aliphatic carbocycles. The SMILES string of the molecule is Nc1ccc(Oc2ccnc(NC(=O)CN3CCC(O)CC3)c2)c(F)c1. The van der Waals surface area contributed by atoms with E-state index in [4.69, 9.17) is 10.5 Å². The van der Waals surface area contributed by atoms with Gasteiger partial charge in [-0.15, -0.1) is 0 Å². The Morgan fingerprint density at radius 1 is 1.35 bits per heavy atom. The highest BCUT2D eigenvalue weighted by molar-refractivity contribution is 5.91. The van der Waals surface area contributed by atoms with E-state index in [9.17, 15) is 14.3 Å². The van der Waals surface area contributed by atoms with E-state index in [-0.39, 0.29) is 24.3 Å². The lowest BCUT2D eigenvalue weighted by molar-refractivity contribution is -0.117. The summed E-state index contributed by atoms with van der Waals surface area (Å²) in [5.41, 5.74) is 5.82. The number of likely N-dealkylation sites (tertiary alicyclic amines) is 1. The van der Waals surface area contributed by atoms with E-state index in [0.717, 1.165) is 0 Å². The van der Waals surface area contributed by atoms with Gasteiger partial charge in [-0.1, -0.05) is 0 Å². The minimum atomic E-state index is -0.570. The Balaban J connectivity index is 1.59. The Morgan fingerprint density at radius 3 is 2.85 bits per heavy atom. The van der Waals surface area contributed by atoms with Gasteiger partial charge in [-0.2, -0.15) is 0 Å². The first-order chi connectivity index (χ1) is 12.5. The second kappa shape index (κ2) is 8.11. The number of piperidine rings is 1. The highest BCUT2D eigenvalue weighted by atomic mass is 19.1. The first-order valence-electron chi connectivity index (χ1n) is 8.39. The van der Waals surface area contributed by atoms with Crippen LogP contribution in [-0.4, -0.2) is 46.6 Å². The molecule has 2 heterocycles. The Kier molecular flexibility index (Phi) is 5.65. The highest BCUT2D eigenvalue weighted by Gasteiger charge is 2.19. The van der Waals surface area contributed by atoms with Gasteiger partial charge in [-0.3, -0.25) is 9.69 Å². The summed E-state index contributed by atoms with van der Waals surface area (Å²) in [6.45, 7) is 1.59. The zero-order valence-corrected chi connectivity index (χ0v) is 14.2. The summed E-state index contributed by atoms with van der Waals surface area (Å²) in [5, 5.41) is 12.2. The normalized spacial score (nSPS) is 15.6. The maximum atomic E-state index is 13.8. The van der Waals surface area contributed by atoms with E-state index in [0.29, 0.717) is 43.2 Å². The van der Waals surface area contributed by atoms with Crippen LogP contribution in [0.3, 0.4) is 0 Å². The number of aliphatic hydroxyl groups is 1.